The van der Waals surface area contributed by atoms with E-state index in [4.69, 9.17) is 5.11 Å². The number of carboxylic acids is 1. The fourth-order valence-electron chi connectivity index (χ4n) is 0.785. The van der Waals surface area contributed by atoms with Gasteiger partial charge in [-0.1, -0.05) is 6.92 Å². The molecule has 1 rings (SSSR count). The summed E-state index contributed by atoms with van der Waals surface area (Å²) in [6.45, 7) is 1.60. The smallest absolute Gasteiger partial charge is 0.307 e. The zero-order chi connectivity index (χ0) is 8.43. The standard InChI is InChI=1S/C7H12O3S/c1-5(7(8)9)4-11(10)6-2-3-6/h5-6H,2-4H2,1H3,(H,8,9). The lowest BCUT2D eigenvalue weighted by Gasteiger charge is -2.03. The first-order chi connectivity index (χ1) is 5.11. The lowest BCUT2D eigenvalue weighted by atomic mass is 10.2. The number of hydrogen-bond donors (Lipinski definition) is 1. The Kier molecular flexibility index (Phi) is 2.65. The largest absolute Gasteiger partial charge is 0.481 e. The van der Waals surface area contributed by atoms with Crippen molar-refractivity contribution in [2.24, 2.45) is 5.92 Å². The van der Waals surface area contributed by atoms with Gasteiger partial charge >= 0.3 is 5.97 Å². The van der Waals surface area contributed by atoms with E-state index in [0.717, 1.165) is 12.8 Å². The van der Waals surface area contributed by atoms with Crippen LogP contribution >= 0.6 is 0 Å². The van der Waals surface area contributed by atoms with Gasteiger partial charge in [-0.15, -0.1) is 0 Å². The van der Waals surface area contributed by atoms with Gasteiger partial charge in [0.05, 0.1) is 5.92 Å². The highest BCUT2D eigenvalue weighted by molar-refractivity contribution is 7.85. The molecule has 0 saturated heterocycles. The van der Waals surface area contributed by atoms with E-state index in [1.54, 1.807) is 6.92 Å². The van der Waals surface area contributed by atoms with Gasteiger partial charge in [0.2, 0.25) is 0 Å². The number of carbonyl (C=O) groups is 1. The Morgan fingerprint density at radius 3 is 2.64 bits per heavy atom. The fraction of sp³-hybridized carbons (Fsp3) is 0.857. The molecule has 1 saturated carbocycles. The van der Waals surface area contributed by atoms with Crippen molar-refractivity contribution in [3.8, 4) is 0 Å². The topological polar surface area (TPSA) is 54.4 Å². The summed E-state index contributed by atoms with van der Waals surface area (Å²) in [5.41, 5.74) is 0. The van der Waals surface area contributed by atoms with E-state index in [9.17, 15) is 9.00 Å². The second-order valence-electron chi connectivity index (χ2n) is 2.99. The lowest BCUT2D eigenvalue weighted by Crippen LogP contribution is -2.18. The number of rotatable bonds is 4. The van der Waals surface area contributed by atoms with Crippen LogP contribution in [0.4, 0.5) is 0 Å². The summed E-state index contributed by atoms with van der Waals surface area (Å²) >= 11 is 0. The first-order valence-corrected chi connectivity index (χ1v) is 5.09. The number of carboxylic acid groups (broad SMARTS) is 1. The van der Waals surface area contributed by atoms with E-state index in [0.29, 0.717) is 11.0 Å². The molecule has 1 N–H and O–H groups in total. The Labute approximate surface area is 68.3 Å². The van der Waals surface area contributed by atoms with Crippen LogP contribution in [0.2, 0.25) is 0 Å². The number of aliphatic carboxylic acids is 1. The molecule has 0 aromatic carbocycles. The first-order valence-electron chi connectivity index (χ1n) is 3.71. The van der Waals surface area contributed by atoms with Crippen LogP contribution in [0.3, 0.4) is 0 Å². The van der Waals surface area contributed by atoms with Crippen molar-refractivity contribution in [2.75, 3.05) is 5.75 Å². The molecule has 0 heterocycles. The molecule has 0 aliphatic heterocycles. The number of hydrogen-bond acceptors (Lipinski definition) is 2. The van der Waals surface area contributed by atoms with Gasteiger partial charge < -0.3 is 5.11 Å². The van der Waals surface area contributed by atoms with E-state index in [2.05, 4.69) is 0 Å². The van der Waals surface area contributed by atoms with E-state index in [-0.39, 0.29) is 0 Å². The molecule has 0 bridgehead atoms. The van der Waals surface area contributed by atoms with Gasteiger partial charge in [0.1, 0.15) is 0 Å². The van der Waals surface area contributed by atoms with Crippen LogP contribution in [0.1, 0.15) is 19.8 Å². The molecule has 2 atom stereocenters. The van der Waals surface area contributed by atoms with Crippen molar-refractivity contribution in [1.82, 2.24) is 0 Å². The van der Waals surface area contributed by atoms with Crippen molar-refractivity contribution >= 4 is 16.8 Å². The maximum Gasteiger partial charge on any atom is 0.307 e. The average molecular weight is 176 g/mol. The summed E-state index contributed by atoms with van der Waals surface area (Å²) in [5, 5.41) is 8.80. The maximum atomic E-state index is 11.2. The molecular weight excluding hydrogens is 164 g/mol. The molecule has 0 spiro atoms. The molecular formula is C7H12O3S. The van der Waals surface area contributed by atoms with Gasteiger partial charge in [-0.25, -0.2) is 0 Å². The van der Waals surface area contributed by atoms with Crippen molar-refractivity contribution in [3.63, 3.8) is 0 Å². The monoisotopic (exact) mass is 176 g/mol. The Morgan fingerprint density at radius 1 is 1.73 bits per heavy atom. The van der Waals surface area contributed by atoms with Gasteiger partial charge in [-0.2, -0.15) is 0 Å². The Balaban J connectivity index is 2.28. The van der Waals surface area contributed by atoms with Crippen molar-refractivity contribution in [3.05, 3.63) is 0 Å². The molecule has 0 radical (unpaired) electrons. The quantitative estimate of drug-likeness (QED) is 0.683. The van der Waals surface area contributed by atoms with Crippen LogP contribution in [-0.2, 0) is 15.6 Å². The van der Waals surface area contributed by atoms with Crippen LogP contribution in [0.5, 0.6) is 0 Å². The van der Waals surface area contributed by atoms with Crippen molar-refractivity contribution in [2.45, 2.75) is 25.0 Å². The molecule has 0 amide bonds. The van der Waals surface area contributed by atoms with E-state index in [1.165, 1.54) is 0 Å². The predicted molar refractivity (Wildman–Crippen MR) is 42.8 cm³/mol. The molecule has 3 nitrogen and oxygen atoms in total. The second-order valence-corrected chi connectivity index (χ2v) is 4.75. The minimum absolute atomic E-state index is 0.303. The molecule has 64 valence electrons. The Morgan fingerprint density at radius 2 is 2.27 bits per heavy atom. The summed E-state index contributed by atoms with van der Waals surface area (Å²) in [6, 6.07) is 0. The molecule has 0 aromatic rings. The molecule has 11 heavy (non-hydrogen) atoms. The summed E-state index contributed by atoms with van der Waals surface area (Å²) in [6.07, 6.45) is 2.03. The molecule has 1 aliphatic rings. The minimum atomic E-state index is -0.892. The van der Waals surface area contributed by atoms with Crippen LogP contribution in [0.25, 0.3) is 0 Å². The second kappa shape index (κ2) is 3.34. The lowest BCUT2D eigenvalue weighted by molar-refractivity contribution is -0.140. The SMILES string of the molecule is CC(CS(=O)C1CC1)C(=O)O. The van der Waals surface area contributed by atoms with Gasteiger partial charge in [-0.3, -0.25) is 9.00 Å². The van der Waals surface area contributed by atoms with Gasteiger partial charge in [0.25, 0.3) is 0 Å². The highest BCUT2D eigenvalue weighted by atomic mass is 32.2. The van der Waals surface area contributed by atoms with Gasteiger partial charge in [0, 0.05) is 21.8 Å². The van der Waals surface area contributed by atoms with Crippen LogP contribution in [0.15, 0.2) is 0 Å². The highest BCUT2D eigenvalue weighted by Crippen LogP contribution is 2.27. The van der Waals surface area contributed by atoms with Crippen LogP contribution in [0, 0.1) is 5.92 Å². The van der Waals surface area contributed by atoms with E-state index >= 15 is 0 Å². The third kappa shape index (κ3) is 2.61. The third-order valence-corrected chi connectivity index (χ3v) is 3.78. The summed E-state index contributed by atoms with van der Waals surface area (Å²) in [4.78, 5) is 10.3. The maximum absolute atomic E-state index is 11.2. The summed E-state index contributed by atoms with van der Waals surface area (Å²) < 4.78 is 11.2. The van der Waals surface area contributed by atoms with Crippen LogP contribution in [-0.4, -0.2) is 26.3 Å². The average Bonchev–Trinajstić information content (AvgIpc) is 2.67. The molecule has 1 fully saturated rings. The molecule has 2 unspecified atom stereocenters. The first kappa shape index (κ1) is 8.71. The normalized spacial score (nSPS) is 22.6. The zero-order valence-corrected chi connectivity index (χ0v) is 7.26. The van der Waals surface area contributed by atoms with Crippen LogP contribution < -0.4 is 0 Å². The van der Waals surface area contributed by atoms with Gasteiger partial charge in [-0.05, 0) is 12.8 Å². The summed E-state index contributed by atoms with van der Waals surface area (Å²) in [5.74, 6) is -0.990. The Bertz CT molecular complexity index is 186. The zero-order valence-electron chi connectivity index (χ0n) is 6.45. The van der Waals surface area contributed by atoms with Crippen molar-refractivity contribution in [1.29, 1.82) is 0 Å². The highest BCUT2D eigenvalue weighted by Gasteiger charge is 2.30. The van der Waals surface area contributed by atoms with Gasteiger partial charge in [0.15, 0.2) is 0 Å². The van der Waals surface area contributed by atoms with Crippen molar-refractivity contribution < 1.29 is 14.1 Å². The predicted octanol–water partition coefficient (Wildman–Crippen LogP) is 0.618. The molecule has 1 aliphatic carbocycles. The van der Waals surface area contributed by atoms with E-state index < -0.39 is 22.7 Å². The minimum Gasteiger partial charge on any atom is -0.481 e. The molecule has 4 heteroatoms. The van der Waals surface area contributed by atoms with E-state index in [1.807, 2.05) is 0 Å². The molecule has 0 aromatic heterocycles. The summed E-state index contributed by atoms with van der Waals surface area (Å²) in [7, 11) is -0.892. The fourth-order valence-corrected chi connectivity index (χ4v) is 2.35. The Hall–Kier alpha value is -0.380. The third-order valence-electron chi connectivity index (χ3n) is 1.73.